The molecule has 168 valence electrons. The van der Waals surface area contributed by atoms with Crippen LogP contribution in [0.3, 0.4) is 0 Å². The lowest BCUT2D eigenvalue weighted by Crippen LogP contribution is -2.57. The van der Waals surface area contributed by atoms with Crippen molar-refractivity contribution in [3.05, 3.63) is 35.9 Å². The molecule has 2 unspecified atom stereocenters. The summed E-state index contributed by atoms with van der Waals surface area (Å²) < 4.78 is 4.96. The molecule has 0 saturated carbocycles. The van der Waals surface area contributed by atoms with E-state index in [9.17, 15) is 4.79 Å². The lowest BCUT2D eigenvalue weighted by molar-refractivity contribution is -0.120. The molecular formula is C22H36IN5O2. The average Bonchev–Trinajstić information content (AvgIpc) is 2.75. The van der Waals surface area contributed by atoms with Crippen molar-refractivity contribution in [2.45, 2.75) is 31.8 Å². The summed E-state index contributed by atoms with van der Waals surface area (Å²) in [5.41, 5.74) is 1.40. The molecule has 2 saturated heterocycles. The van der Waals surface area contributed by atoms with Crippen molar-refractivity contribution in [3.63, 3.8) is 0 Å². The zero-order valence-corrected chi connectivity index (χ0v) is 20.5. The average molecular weight is 529 g/mol. The minimum atomic E-state index is -0.0372. The van der Waals surface area contributed by atoms with Crippen molar-refractivity contribution < 1.29 is 9.53 Å². The summed E-state index contributed by atoms with van der Waals surface area (Å²) in [6.07, 6.45) is 3.65. The fourth-order valence-corrected chi connectivity index (χ4v) is 4.56. The van der Waals surface area contributed by atoms with Crippen LogP contribution in [0.2, 0.25) is 0 Å². The van der Waals surface area contributed by atoms with Gasteiger partial charge in [0.15, 0.2) is 5.96 Å². The molecule has 0 radical (unpaired) electrons. The van der Waals surface area contributed by atoms with Gasteiger partial charge in [0.05, 0.1) is 13.2 Å². The van der Waals surface area contributed by atoms with Gasteiger partial charge in [0.1, 0.15) is 0 Å². The van der Waals surface area contributed by atoms with E-state index in [1.165, 1.54) is 24.9 Å². The van der Waals surface area contributed by atoms with E-state index >= 15 is 0 Å². The van der Waals surface area contributed by atoms with E-state index in [1.807, 2.05) is 0 Å². The van der Waals surface area contributed by atoms with Crippen molar-refractivity contribution in [2.24, 2.45) is 10.9 Å². The standard InChI is InChI=1S/C22H35N5O2.HI/c1-23-22(25-15-21(28)24-11-14-29-2)27-13-10-20-19(17-27)9-6-12-26(20)16-18-7-4-3-5-8-18;/h3-5,7-8,19-20H,6,9-17H2,1-2H3,(H,23,25)(H,24,28);1H. The third-order valence-electron chi connectivity index (χ3n) is 5.96. The van der Waals surface area contributed by atoms with Gasteiger partial charge in [-0.05, 0) is 37.3 Å². The first-order valence-electron chi connectivity index (χ1n) is 10.7. The van der Waals surface area contributed by atoms with Crippen LogP contribution in [0.5, 0.6) is 0 Å². The zero-order chi connectivity index (χ0) is 20.5. The number of piperidine rings is 2. The van der Waals surface area contributed by atoms with Crippen LogP contribution < -0.4 is 10.6 Å². The van der Waals surface area contributed by atoms with Gasteiger partial charge >= 0.3 is 0 Å². The number of hydrogen-bond acceptors (Lipinski definition) is 4. The van der Waals surface area contributed by atoms with E-state index in [2.05, 4.69) is 55.8 Å². The molecule has 0 aromatic heterocycles. The number of amides is 1. The molecule has 0 spiro atoms. The van der Waals surface area contributed by atoms with Crippen molar-refractivity contribution in [3.8, 4) is 0 Å². The Kier molecular flexibility index (Phi) is 10.9. The number of halogens is 1. The molecule has 1 aromatic rings. The minimum Gasteiger partial charge on any atom is -0.383 e. The Labute approximate surface area is 197 Å². The third-order valence-corrected chi connectivity index (χ3v) is 5.96. The van der Waals surface area contributed by atoms with E-state index < -0.39 is 0 Å². The van der Waals surface area contributed by atoms with Gasteiger partial charge in [-0.25, -0.2) is 0 Å². The smallest absolute Gasteiger partial charge is 0.239 e. The van der Waals surface area contributed by atoms with Crippen LogP contribution in [0.1, 0.15) is 24.8 Å². The van der Waals surface area contributed by atoms with Crippen molar-refractivity contribution >= 4 is 35.8 Å². The highest BCUT2D eigenvalue weighted by molar-refractivity contribution is 14.0. The Bertz CT molecular complexity index is 673. The fourth-order valence-electron chi connectivity index (χ4n) is 4.56. The maximum Gasteiger partial charge on any atom is 0.239 e. The molecule has 2 heterocycles. The summed E-state index contributed by atoms with van der Waals surface area (Å²) in [5.74, 6) is 1.44. The van der Waals surface area contributed by atoms with Crippen molar-refractivity contribution in [1.82, 2.24) is 20.4 Å². The normalized spacial score (nSPS) is 22.1. The predicted octanol–water partition coefficient (Wildman–Crippen LogP) is 1.93. The monoisotopic (exact) mass is 529 g/mol. The number of nitrogens with one attached hydrogen (secondary N) is 2. The number of guanidine groups is 1. The van der Waals surface area contributed by atoms with Gasteiger partial charge in [-0.1, -0.05) is 30.3 Å². The van der Waals surface area contributed by atoms with E-state index in [0.29, 0.717) is 25.1 Å². The molecular weight excluding hydrogens is 493 g/mol. The van der Waals surface area contributed by atoms with Gasteiger partial charge in [0.2, 0.25) is 5.91 Å². The highest BCUT2D eigenvalue weighted by Crippen LogP contribution is 2.31. The largest absolute Gasteiger partial charge is 0.383 e. The molecule has 7 nitrogen and oxygen atoms in total. The van der Waals surface area contributed by atoms with Gasteiger partial charge < -0.3 is 20.3 Å². The van der Waals surface area contributed by atoms with Gasteiger partial charge in [0, 0.05) is 46.4 Å². The van der Waals surface area contributed by atoms with Crippen LogP contribution >= 0.6 is 24.0 Å². The topological polar surface area (TPSA) is 69.2 Å². The number of hydrogen-bond donors (Lipinski definition) is 2. The van der Waals surface area contributed by atoms with Gasteiger partial charge in [-0.3, -0.25) is 14.7 Å². The Morgan fingerprint density at radius 2 is 2.00 bits per heavy atom. The van der Waals surface area contributed by atoms with E-state index in [0.717, 1.165) is 32.0 Å². The summed E-state index contributed by atoms with van der Waals surface area (Å²) in [7, 11) is 3.42. The summed E-state index contributed by atoms with van der Waals surface area (Å²) in [6, 6.07) is 11.4. The maximum atomic E-state index is 12.0. The summed E-state index contributed by atoms with van der Waals surface area (Å²) >= 11 is 0. The second kappa shape index (κ2) is 13.1. The molecule has 2 aliphatic rings. The molecule has 2 N–H and O–H groups in total. The van der Waals surface area contributed by atoms with Crippen LogP contribution in [-0.2, 0) is 16.1 Å². The number of carbonyl (C=O) groups excluding carboxylic acids is 1. The highest BCUT2D eigenvalue weighted by Gasteiger charge is 2.36. The number of nitrogens with zero attached hydrogens (tertiary/aromatic N) is 3. The Hall–Kier alpha value is -1.39. The van der Waals surface area contributed by atoms with Crippen LogP contribution in [0.4, 0.5) is 0 Å². The number of likely N-dealkylation sites (tertiary alicyclic amines) is 2. The zero-order valence-electron chi connectivity index (χ0n) is 18.2. The van der Waals surface area contributed by atoms with Crippen molar-refractivity contribution in [2.75, 3.05) is 53.5 Å². The molecule has 2 fully saturated rings. The molecule has 0 bridgehead atoms. The number of methoxy groups -OCH3 is 1. The first-order valence-corrected chi connectivity index (χ1v) is 10.7. The molecule has 2 atom stereocenters. The molecule has 0 aliphatic carbocycles. The highest BCUT2D eigenvalue weighted by atomic mass is 127. The van der Waals surface area contributed by atoms with Crippen LogP contribution in [0.15, 0.2) is 35.3 Å². The van der Waals surface area contributed by atoms with Crippen LogP contribution in [0, 0.1) is 5.92 Å². The first-order chi connectivity index (χ1) is 14.2. The van der Waals surface area contributed by atoms with Gasteiger partial charge in [-0.2, -0.15) is 0 Å². The molecule has 1 amide bonds. The molecule has 3 rings (SSSR count). The predicted molar refractivity (Wildman–Crippen MR) is 131 cm³/mol. The Balaban J connectivity index is 0.00000320. The fraction of sp³-hybridized carbons (Fsp3) is 0.636. The van der Waals surface area contributed by atoms with Crippen LogP contribution in [0.25, 0.3) is 0 Å². The molecule has 30 heavy (non-hydrogen) atoms. The number of fused-ring (bicyclic) bond motifs is 1. The number of rotatable bonds is 7. The van der Waals surface area contributed by atoms with Gasteiger partial charge in [-0.15, -0.1) is 24.0 Å². The summed E-state index contributed by atoms with van der Waals surface area (Å²) in [6.45, 7) is 5.48. The second-order valence-corrected chi connectivity index (χ2v) is 7.90. The number of benzene rings is 1. The summed E-state index contributed by atoms with van der Waals surface area (Å²) in [4.78, 5) is 21.4. The number of ether oxygens (including phenoxy) is 1. The Morgan fingerprint density at radius 3 is 2.73 bits per heavy atom. The van der Waals surface area contributed by atoms with E-state index in [-0.39, 0.29) is 36.4 Å². The maximum absolute atomic E-state index is 12.0. The van der Waals surface area contributed by atoms with Crippen molar-refractivity contribution in [1.29, 1.82) is 0 Å². The quantitative estimate of drug-likeness (QED) is 0.245. The molecule has 1 aromatic carbocycles. The molecule has 2 aliphatic heterocycles. The minimum absolute atomic E-state index is 0. The number of carbonyl (C=O) groups is 1. The first kappa shape index (κ1) is 24.9. The summed E-state index contributed by atoms with van der Waals surface area (Å²) in [5, 5.41) is 6.06. The van der Waals surface area contributed by atoms with Gasteiger partial charge in [0.25, 0.3) is 0 Å². The second-order valence-electron chi connectivity index (χ2n) is 7.90. The number of aliphatic imine (C=N–C) groups is 1. The SMILES string of the molecule is CN=C(NCC(=O)NCCOC)N1CCC2C(CCCN2Cc2ccccc2)C1.I. The lowest BCUT2D eigenvalue weighted by Gasteiger charge is -2.48. The lowest BCUT2D eigenvalue weighted by atomic mass is 9.83. The third kappa shape index (κ3) is 7.09. The van der Waals surface area contributed by atoms with Crippen LogP contribution in [-0.4, -0.2) is 81.2 Å². The van der Waals surface area contributed by atoms with E-state index in [1.54, 1.807) is 14.2 Å². The Morgan fingerprint density at radius 1 is 1.20 bits per heavy atom. The molecule has 8 heteroatoms. The van der Waals surface area contributed by atoms with E-state index in [4.69, 9.17) is 4.74 Å².